The van der Waals surface area contributed by atoms with E-state index in [9.17, 15) is 9.90 Å². The van der Waals surface area contributed by atoms with Crippen LogP contribution in [0.1, 0.15) is 56.9 Å². The number of aliphatic hydroxyl groups is 1. The molecular formula is C40H43BrCl2I2O2. The molecule has 4 aromatic rings. The van der Waals surface area contributed by atoms with Crippen LogP contribution in [-0.4, -0.2) is 20.8 Å². The summed E-state index contributed by atoms with van der Waals surface area (Å²) in [6.07, 6.45) is 9.19. The van der Waals surface area contributed by atoms with Crippen molar-refractivity contribution in [3.05, 3.63) is 117 Å². The molecular weight excluding hydrogens is 917 g/mol. The molecule has 47 heavy (non-hydrogen) atoms. The second kappa shape index (κ2) is 18.9. The number of rotatable bonds is 3. The first-order valence-electron chi connectivity index (χ1n) is 16.2. The van der Waals surface area contributed by atoms with Gasteiger partial charge in [0, 0.05) is 26.9 Å². The standard InChI is InChI=1S/C19H19ClO.C12H8BrCl.C7H10O.2CH3I/c20-16-5-3-4-14(11-16)17-6-1-2-7-18(17)19(21)12-13-8-9-15(19)10-13;13-12-7-2-1-6-11(12)9-4-3-5-10(14)8-9;8-7-4-5-1-2-6(7)3-5;2*1-2/h1-7,11,13,15,21H,8-10,12H2;1-8H;5-6H,1-4H2;2*1H3. The first-order chi connectivity index (χ1) is 22.8. The van der Waals surface area contributed by atoms with Gasteiger partial charge in [0.1, 0.15) is 5.78 Å². The molecule has 0 amide bonds. The van der Waals surface area contributed by atoms with Crippen LogP contribution in [0, 0.1) is 23.7 Å². The SMILES string of the molecule is CI.CI.Clc1cccc(-c2ccccc2Br)c1.O=C1CC2CCC1C2.OC1(c2ccccc2-c2cccc(Cl)c2)CC2CCC1C2. The van der Waals surface area contributed by atoms with Crippen molar-refractivity contribution >= 4 is 90.1 Å². The third-order valence-electron chi connectivity index (χ3n) is 9.84. The average molecular weight is 960 g/mol. The van der Waals surface area contributed by atoms with Gasteiger partial charge in [-0.2, -0.15) is 0 Å². The zero-order chi connectivity index (χ0) is 34.0. The van der Waals surface area contributed by atoms with Crippen molar-refractivity contribution in [1.82, 2.24) is 0 Å². The predicted molar refractivity (Wildman–Crippen MR) is 221 cm³/mol. The van der Waals surface area contributed by atoms with E-state index in [0.29, 0.717) is 23.5 Å². The molecule has 1 N–H and O–H groups in total. The Morgan fingerprint density at radius 1 is 0.702 bits per heavy atom. The van der Waals surface area contributed by atoms with Crippen molar-refractivity contribution < 1.29 is 9.90 Å². The predicted octanol–water partition coefficient (Wildman–Crippen LogP) is 13.3. The Morgan fingerprint density at radius 3 is 1.74 bits per heavy atom. The minimum atomic E-state index is -0.651. The Balaban J connectivity index is 0.000000165. The summed E-state index contributed by atoms with van der Waals surface area (Å²) in [4.78, 5) is 14.8. The minimum absolute atomic E-state index is 0.419. The van der Waals surface area contributed by atoms with E-state index < -0.39 is 5.60 Å². The number of hydrogen-bond donors (Lipinski definition) is 1. The summed E-state index contributed by atoms with van der Waals surface area (Å²) >= 11 is 19.9. The van der Waals surface area contributed by atoms with Gasteiger partial charge in [-0.3, -0.25) is 4.79 Å². The third-order valence-corrected chi connectivity index (χ3v) is 11.0. The van der Waals surface area contributed by atoms with Crippen LogP contribution in [0.15, 0.2) is 102 Å². The number of benzene rings is 4. The highest BCUT2D eigenvalue weighted by Gasteiger charge is 2.51. The van der Waals surface area contributed by atoms with Crippen molar-refractivity contribution in [2.75, 3.05) is 9.86 Å². The number of carbonyl (C=O) groups is 1. The van der Waals surface area contributed by atoms with Gasteiger partial charge in [-0.25, -0.2) is 0 Å². The second-order valence-electron chi connectivity index (χ2n) is 12.6. The topological polar surface area (TPSA) is 37.3 Å². The van der Waals surface area contributed by atoms with Gasteiger partial charge >= 0.3 is 0 Å². The quantitative estimate of drug-likeness (QED) is 0.164. The first kappa shape index (κ1) is 38.8. The Labute approximate surface area is 326 Å². The Bertz CT molecular complexity index is 1610. The summed E-state index contributed by atoms with van der Waals surface area (Å²) < 4.78 is 1.09. The third kappa shape index (κ3) is 9.84. The summed E-state index contributed by atoms with van der Waals surface area (Å²) in [5.41, 5.74) is 4.94. The van der Waals surface area contributed by atoms with Crippen molar-refractivity contribution in [2.45, 2.75) is 57.0 Å². The maximum Gasteiger partial charge on any atom is 0.136 e. The van der Waals surface area contributed by atoms with Gasteiger partial charge in [-0.05, 0) is 131 Å². The minimum Gasteiger partial charge on any atom is -0.385 e. The highest BCUT2D eigenvalue weighted by molar-refractivity contribution is 14.1. The van der Waals surface area contributed by atoms with Crippen LogP contribution in [0.25, 0.3) is 22.3 Å². The number of carbonyl (C=O) groups excluding carboxylic acids is 1. The molecule has 8 rings (SSSR count). The van der Waals surface area contributed by atoms with Crippen molar-refractivity contribution in [3.63, 3.8) is 0 Å². The molecule has 4 bridgehead atoms. The van der Waals surface area contributed by atoms with E-state index in [1.54, 1.807) is 0 Å². The molecule has 250 valence electrons. The largest absolute Gasteiger partial charge is 0.385 e. The summed E-state index contributed by atoms with van der Waals surface area (Å²) in [5.74, 6) is 2.96. The molecule has 0 spiro atoms. The Morgan fingerprint density at radius 2 is 1.28 bits per heavy atom. The Hall–Kier alpha value is -0.970. The highest BCUT2D eigenvalue weighted by atomic mass is 127. The van der Waals surface area contributed by atoms with E-state index in [4.69, 9.17) is 23.2 Å². The maximum absolute atomic E-state index is 11.3. The van der Waals surface area contributed by atoms with E-state index in [2.05, 4.69) is 85.4 Å². The molecule has 0 radical (unpaired) electrons. The summed E-state index contributed by atoms with van der Waals surface area (Å²) in [6, 6.07) is 32.1. The monoisotopic (exact) mass is 958 g/mol. The van der Waals surface area contributed by atoms with Crippen LogP contribution in [0.3, 0.4) is 0 Å². The van der Waals surface area contributed by atoms with E-state index in [-0.39, 0.29) is 0 Å². The van der Waals surface area contributed by atoms with Gasteiger partial charge in [0.2, 0.25) is 0 Å². The van der Waals surface area contributed by atoms with Crippen LogP contribution in [0.2, 0.25) is 10.0 Å². The smallest absolute Gasteiger partial charge is 0.136 e. The van der Waals surface area contributed by atoms with Gasteiger partial charge in [-0.1, -0.05) is 151 Å². The normalized spacial score (nSPS) is 24.5. The lowest BCUT2D eigenvalue weighted by atomic mass is 9.76. The molecule has 5 atom stereocenters. The molecule has 7 heteroatoms. The number of fused-ring (bicyclic) bond motifs is 4. The van der Waals surface area contributed by atoms with Crippen LogP contribution in [0.4, 0.5) is 0 Å². The summed E-state index contributed by atoms with van der Waals surface area (Å²) in [7, 11) is 0. The molecule has 4 aromatic carbocycles. The molecule has 4 aliphatic rings. The number of ketones is 1. The average Bonchev–Trinajstić information content (AvgIpc) is 3.91. The molecule has 0 aliphatic heterocycles. The van der Waals surface area contributed by atoms with Crippen LogP contribution in [0.5, 0.6) is 0 Å². The molecule has 4 saturated carbocycles. The van der Waals surface area contributed by atoms with E-state index in [1.807, 2.05) is 82.7 Å². The number of hydrogen-bond acceptors (Lipinski definition) is 2. The van der Waals surface area contributed by atoms with Gasteiger partial charge in [0.15, 0.2) is 0 Å². The molecule has 4 fully saturated rings. The lowest BCUT2D eigenvalue weighted by Gasteiger charge is -2.34. The summed E-state index contributed by atoms with van der Waals surface area (Å²) in [5, 5.41) is 12.8. The highest BCUT2D eigenvalue weighted by Crippen LogP contribution is 2.56. The maximum atomic E-state index is 11.3. The first-order valence-corrected chi connectivity index (χ1v) is 22.0. The van der Waals surface area contributed by atoms with Gasteiger partial charge in [0.25, 0.3) is 0 Å². The molecule has 5 unspecified atom stereocenters. The molecule has 0 saturated heterocycles. The van der Waals surface area contributed by atoms with Crippen LogP contribution >= 0.6 is 84.3 Å². The fourth-order valence-corrected chi connectivity index (χ4v) is 8.65. The van der Waals surface area contributed by atoms with Crippen molar-refractivity contribution in [2.24, 2.45) is 23.7 Å². The lowest BCUT2D eigenvalue weighted by molar-refractivity contribution is -0.121. The zero-order valence-electron chi connectivity index (χ0n) is 26.9. The van der Waals surface area contributed by atoms with Gasteiger partial charge in [-0.15, -0.1) is 0 Å². The molecule has 4 aliphatic carbocycles. The van der Waals surface area contributed by atoms with Crippen molar-refractivity contribution in [3.8, 4) is 22.3 Å². The number of Topliss-reactive ketones (excluding diaryl/α,β-unsaturated/α-hetero) is 1. The van der Waals surface area contributed by atoms with E-state index in [0.717, 1.165) is 67.5 Å². The van der Waals surface area contributed by atoms with Crippen molar-refractivity contribution in [1.29, 1.82) is 0 Å². The fraction of sp³-hybridized carbons (Fsp3) is 0.375. The van der Waals surface area contributed by atoms with E-state index >= 15 is 0 Å². The van der Waals surface area contributed by atoms with E-state index in [1.165, 1.54) is 32.1 Å². The summed E-state index contributed by atoms with van der Waals surface area (Å²) in [6.45, 7) is 0. The number of alkyl halides is 2. The fourth-order valence-electron chi connectivity index (χ4n) is 7.75. The second-order valence-corrected chi connectivity index (χ2v) is 14.3. The molecule has 0 heterocycles. The molecule has 0 aromatic heterocycles. The van der Waals surface area contributed by atoms with Gasteiger partial charge in [0.05, 0.1) is 5.60 Å². The lowest BCUT2D eigenvalue weighted by Crippen LogP contribution is -2.32. The Kier molecular flexibility index (Phi) is 15.6. The zero-order valence-corrected chi connectivity index (χ0v) is 34.4. The van der Waals surface area contributed by atoms with Gasteiger partial charge < -0.3 is 5.11 Å². The molecule has 2 nitrogen and oxygen atoms in total. The van der Waals surface area contributed by atoms with Crippen LogP contribution < -0.4 is 0 Å². The van der Waals surface area contributed by atoms with Crippen LogP contribution in [-0.2, 0) is 10.4 Å². The number of halogens is 5.